The number of carbonyl (C=O) groups excluding carboxylic acids is 2. The molecule has 3 aromatic carbocycles. The number of fused-ring (bicyclic) bond motifs is 1. The van der Waals surface area contributed by atoms with Crippen molar-refractivity contribution >= 4 is 22.8 Å². The van der Waals surface area contributed by atoms with Gasteiger partial charge in [-0.1, -0.05) is 85.3 Å². The lowest BCUT2D eigenvalue weighted by atomic mass is 9.95. The zero-order valence-electron chi connectivity index (χ0n) is 22.5. The maximum absolute atomic E-state index is 13.8. The highest BCUT2D eigenvalue weighted by atomic mass is 16.3. The van der Waals surface area contributed by atoms with Crippen molar-refractivity contribution in [2.45, 2.75) is 39.3 Å². The van der Waals surface area contributed by atoms with Crippen LogP contribution in [0.3, 0.4) is 0 Å². The Morgan fingerprint density at radius 2 is 1.64 bits per heavy atom. The van der Waals surface area contributed by atoms with Crippen LogP contribution in [0.1, 0.15) is 41.5 Å². The first-order valence-corrected chi connectivity index (χ1v) is 13.2. The molecule has 0 saturated heterocycles. The summed E-state index contributed by atoms with van der Waals surface area (Å²) in [5.41, 5.74) is 3.51. The van der Waals surface area contributed by atoms with Crippen LogP contribution in [0.5, 0.6) is 0 Å². The number of rotatable bonds is 11. The number of carbonyl (C=O) groups is 2. The maximum atomic E-state index is 13.8. The van der Waals surface area contributed by atoms with Gasteiger partial charge in [0.1, 0.15) is 12.1 Å². The topological polar surface area (TPSA) is 70.8 Å². The Bertz CT molecular complexity index is 1490. The lowest BCUT2D eigenvalue weighted by Gasteiger charge is -2.29. The van der Waals surface area contributed by atoms with Crippen molar-refractivity contribution in [3.8, 4) is 0 Å². The Balaban J connectivity index is 1.63. The summed E-state index contributed by atoms with van der Waals surface area (Å²) in [6, 6.07) is 24.7. The molecule has 6 heteroatoms. The molecule has 0 aliphatic rings. The van der Waals surface area contributed by atoms with Crippen molar-refractivity contribution in [2.75, 3.05) is 13.1 Å². The lowest BCUT2D eigenvalue weighted by Crippen LogP contribution is -2.44. The molecule has 4 aromatic rings. The Hall–Kier alpha value is -4.45. The quantitative estimate of drug-likeness (QED) is 0.232. The fourth-order valence-electron chi connectivity index (χ4n) is 4.75. The third-order valence-electron chi connectivity index (χ3n) is 6.83. The summed E-state index contributed by atoms with van der Waals surface area (Å²) in [6.45, 7) is 8.15. The Morgan fingerprint density at radius 3 is 2.31 bits per heavy atom. The van der Waals surface area contributed by atoms with Crippen molar-refractivity contribution in [1.82, 2.24) is 9.80 Å². The molecule has 0 N–H and O–H groups in total. The zero-order chi connectivity index (χ0) is 27.8. The van der Waals surface area contributed by atoms with E-state index in [9.17, 15) is 14.4 Å². The van der Waals surface area contributed by atoms with Gasteiger partial charge in [-0.05, 0) is 36.6 Å². The minimum atomic E-state index is -0.364. The van der Waals surface area contributed by atoms with Gasteiger partial charge in [-0.2, -0.15) is 0 Å². The highest BCUT2D eigenvalue weighted by molar-refractivity contribution is 5.89. The van der Waals surface area contributed by atoms with Crippen LogP contribution in [0.4, 0.5) is 0 Å². The molecule has 4 rings (SSSR count). The zero-order valence-corrected chi connectivity index (χ0v) is 22.5. The average Bonchev–Trinajstić information content (AvgIpc) is 2.95. The van der Waals surface area contributed by atoms with Crippen molar-refractivity contribution < 1.29 is 14.0 Å². The molecular formula is C33H34N2O4. The second-order valence-corrected chi connectivity index (χ2v) is 9.70. The van der Waals surface area contributed by atoms with E-state index in [0.717, 1.165) is 16.7 Å². The van der Waals surface area contributed by atoms with Crippen molar-refractivity contribution in [3.05, 3.63) is 130 Å². The predicted molar refractivity (Wildman–Crippen MR) is 154 cm³/mol. The van der Waals surface area contributed by atoms with Crippen LogP contribution in [0.2, 0.25) is 0 Å². The molecule has 0 aliphatic carbocycles. The first-order valence-electron chi connectivity index (χ1n) is 13.2. The molecule has 200 valence electrons. The molecule has 0 aliphatic heterocycles. The summed E-state index contributed by atoms with van der Waals surface area (Å²) >= 11 is 0. The van der Waals surface area contributed by atoms with Gasteiger partial charge in [0, 0.05) is 13.1 Å². The summed E-state index contributed by atoms with van der Waals surface area (Å²) in [5.74, 6) is -0.754. The monoisotopic (exact) mass is 522 g/mol. The fourth-order valence-corrected chi connectivity index (χ4v) is 4.75. The van der Waals surface area contributed by atoms with Crippen LogP contribution in [0.25, 0.3) is 11.0 Å². The van der Waals surface area contributed by atoms with Gasteiger partial charge in [-0.25, -0.2) is 0 Å². The third-order valence-corrected chi connectivity index (χ3v) is 6.83. The van der Waals surface area contributed by atoms with Crippen molar-refractivity contribution in [3.63, 3.8) is 0 Å². The van der Waals surface area contributed by atoms with E-state index < -0.39 is 0 Å². The average molecular weight is 523 g/mol. The molecule has 0 spiro atoms. The molecule has 0 radical (unpaired) electrons. The largest absolute Gasteiger partial charge is 0.464 e. The number of amides is 2. The smallest absolute Gasteiger partial charge is 0.242 e. The minimum Gasteiger partial charge on any atom is -0.464 e. The molecule has 2 amide bonds. The molecule has 39 heavy (non-hydrogen) atoms. The Morgan fingerprint density at radius 1 is 0.949 bits per heavy atom. The Labute approximate surface area is 229 Å². The van der Waals surface area contributed by atoms with Gasteiger partial charge in [0.2, 0.25) is 11.8 Å². The summed E-state index contributed by atoms with van der Waals surface area (Å²) in [7, 11) is 0. The van der Waals surface area contributed by atoms with E-state index in [-0.39, 0.29) is 49.3 Å². The van der Waals surface area contributed by atoms with E-state index in [0.29, 0.717) is 23.0 Å². The second kappa shape index (κ2) is 12.9. The molecule has 0 bridgehead atoms. The summed E-state index contributed by atoms with van der Waals surface area (Å²) in [4.78, 5) is 43.9. The van der Waals surface area contributed by atoms with Gasteiger partial charge >= 0.3 is 0 Å². The summed E-state index contributed by atoms with van der Waals surface area (Å²) in [5, 5.41) is 0.483. The molecule has 1 atom stereocenters. The van der Waals surface area contributed by atoms with E-state index >= 15 is 0 Å². The van der Waals surface area contributed by atoms with Crippen molar-refractivity contribution in [1.29, 1.82) is 0 Å². The predicted octanol–water partition coefficient (Wildman–Crippen LogP) is 5.84. The van der Waals surface area contributed by atoms with E-state index in [2.05, 4.69) is 6.58 Å². The second-order valence-electron chi connectivity index (χ2n) is 9.70. The van der Waals surface area contributed by atoms with E-state index in [1.807, 2.05) is 80.6 Å². The van der Waals surface area contributed by atoms with E-state index in [1.54, 1.807) is 28.0 Å². The molecule has 1 unspecified atom stereocenters. The maximum Gasteiger partial charge on any atom is 0.242 e. The molecular weight excluding hydrogens is 488 g/mol. The first kappa shape index (κ1) is 27.6. The van der Waals surface area contributed by atoms with E-state index in [4.69, 9.17) is 4.42 Å². The van der Waals surface area contributed by atoms with Crippen LogP contribution in [0.15, 0.2) is 107 Å². The standard InChI is InChI=1S/C33H34N2O4/c1-4-18-34(33(38)28(5-2)26-14-10-7-11-15-26)22-31(36)35(20-25-12-8-6-9-13-25)21-27-23-39-30-17-16-24(3)19-29(30)32(27)37/h4,6-17,19,23,28H,1,5,18,20-22H2,2-3H3. The Kier molecular flexibility index (Phi) is 9.10. The van der Waals surface area contributed by atoms with Gasteiger partial charge < -0.3 is 14.2 Å². The molecule has 1 aromatic heterocycles. The van der Waals surface area contributed by atoms with Gasteiger partial charge in [0.25, 0.3) is 0 Å². The number of hydrogen-bond donors (Lipinski definition) is 0. The van der Waals surface area contributed by atoms with Crippen LogP contribution >= 0.6 is 0 Å². The molecule has 6 nitrogen and oxygen atoms in total. The lowest BCUT2D eigenvalue weighted by molar-refractivity contribution is -0.141. The van der Waals surface area contributed by atoms with Crippen LogP contribution in [-0.4, -0.2) is 34.7 Å². The van der Waals surface area contributed by atoms with E-state index in [1.165, 1.54) is 6.26 Å². The summed E-state index contributed by atoms with van der Waals surface area (Å²) in [6.07, 6.45) is 3.67. The van der Waals surface area contributed by atoms with Gasteiger partial charge in [0.15, 0.2) is 5.43 Å². The van der Waals surface area contributed by atoms with Crippen LogP contribution in [-0.2, 0) is 22.7 Å². The number of nitrogens with zero attached hydrogens (tertiary/aromatic N) is 2. The van der Waals surface area contributed by atoms with Gasteiger partial charge in [-0.15, -0.1) is 6.58 Å². The fraction of sp³-hybridized carbons (Fsp3) is 0.242. The number of aryl methyl sites for hydroxylation is 1. The highest BCUT2D eigenvalue weighted by Gasteiger charge is 2.27. The van der Waals surface area contributed by atoms with Crippen molar-refractivity contribution in [2.24, 2.45) is 0 Å². The van der Waals surface area contributed by atoms with Gasteiger partial charge in [-0.3, -0.25) is 14.4 Å². The third kappa shape index (κ3) is 6.71. The molecule has 0 fully saturated rings. The summed E-state index contributed by atoms with van der Waals surface area (Å²) < 4.78 is 5.75. The van der Waals surface area contributed by atoms with Crippen LogP contribution in [0, 0.1) is 6.92 Å². The number of hydrogen-bond acceptors (Lipinski definition) is 4. The highest BCUT2D eigenvalue weighted by Crippen LogP contribution is 2.23. The molecule has 0 saturated carbocycles. The minimum absolute atomic E-state index is 0.0615. The molecule has 1 heterocycles. The first-order chi connectivity index (χ1) is 18.9. The number of benzene rings is 3. The van der Waals surface area contributed by atoms with Crippen LogP contribution < -0.4 is 5.43 Å². The SMILES string of the molecule is C=CCN(CC(=O)N(Cc1ccccc1)Cc1coc2ccc(C)cc2c1=O)C(=O)C(CC)c1ccccc1. The van der Waals surface area contributed by atoms with Gasteiger partial charge in [0.05, 0.1) is 29.7 Å². The normalized spacial score (nSPS) is 11.6.